The zero-order valence-electron chi connectivity index (χ0n) is 19.9. The Labute approximate surface area is 205 Å². The van der Waals surface area contributed by atoms with Crippen molar-refractivity contribution in [1.29, 1.82) is 0 Å². The molecule has 1 unspecified atom stereocenters. The third kappa shape index (κ3) is 4.75. The van der Waals surface area contributed by atoms with E-state index in [1.807, 2.05) is 24.3 Å². The van der Waals surface area contributed by atoms with E-state index in [0.717, 1.165) is 42.4 Å². The molecule has 3 fully saturated rings. The van der Waals surface area contributed by atoms with Crippen LogP contribution < -0.4 is 15.0 Å². The third-order valence-electron chi connectivity index (χ3n) is 7.33. The monoisotopic (exact) mass is 470 g/mol. The number of phenolic OH excluding ortho intramolecular Hbond substituents is 1. The van der Waals surface area contributed by atoms with Crippen LogP contribution in [0.1, 0.15) is 37.1 Å². The van der Waals surface area contributed by atoms with Crippen LogP contribution in [0.5, 0.6) is 11.8 Å². The molecule has 0 saturated carbocycles. The van der Waals surface area contributed by atoms with E-state index < -0.39 is 0 Å². The van der Waals surface area contributed by atoms with Crippen molar-refractivity contribution in [3.8, 4) is 23.6 Å². The molecule has 8 nitrogen and oxygen atoms in total. The highest BCUT2D eigenvalue weighted by atomic mass is 16.5. The number of piperazine rings is 1. The summed E-state index contributed by atoms with van der Waals surface area (Å²) in [5.41, 5.74) is 0.734. The molecule has 3 aliphatic rings. The molecule has 0 spiro atoms. The van der Waals surface area contributed by atoms with Gasteiger partial charge < -0.3 is 25.0 Å². The van der Waals surface area contributed by atoms with E-state index in [-0.39, 0.29) is 5.75 Å². The van der Waals surface area contributed by atoms with Gasteiger partial charge in [0.05, 0.1) is 0 Å². The molecule has 2 N–H and O–H groups in total. The number of aromatic hydroxyl groups is 1. The number of likely N-dealkylation sites (N-methyl/N-ethyl adjacent to an activating group) is 1. The van der Waals surface area contributed by atoms with Crippen molar-refractivity contribution < 1.29 is 9.84 Å². The average molecular weight is 471 g/mol. The Morgan fingerprint density at radius 2 is 1.89 bits per heavy atom. The summed E-state index contributed by atoms with van der Waals surface area (Å²) in [7, 11) is 2.13. The minimum Gasteiger partial charge on any atom is -0.508 e. The van der Waals surface area contributed by atoms with Crippen LogP contribution in [0, 0.1) is 11.8 Å². The number of likely N-dealkylation sites (tertiary alicyclic amines) is 1. The van der Waals surface area contributed by atoms with Crippen LogP contribution >= 0.6 is 0 Å². The number of ether oxygens (including phenoxy) is 1. The average Bonchev–Trinajstić information content (AvgIpc) is 3.44. The van der Waals surface area contributed by atoms with Crippen LogP contribution in [-0.2, 0) is 0 Å². The number of rotatable bonds is 4. The van der Waals surface area contributed by atoms with Gasteiger partial charge in [-0.05, 0) is 68.1 Å². The highest BCUT2D eigenvalue weighted by Crippen LogP contribution is 2.26. The summed E-state index contributed by atoms with van der Waals surface area (Å²) in [5.74, 6) is 7.48. The van der Waals surface area contributed by atoms with E-state index in [4.69, 9.17) is 9.72 Å². The van der Waals surface area contributed by atoms with Crippen LogP contribution in [0.15, 0.2) is 36.4 Å². The molecule has 0 amide bonds. The molecular weight excluding hydrogens is 440 g/mol. The quantitative estimate of drug-likeness (QED) is 0.563. The van der Waals surface area contributed by atoms with E-state index in [0.29, 0.717) is 42.5 Å². The van der Waals surface area contributed by atoms with Gasteiger partial charge in [0.15, 0.2) is 0 Å². The summed E-state index contributed by atoms with van der Waals surface area (Å²) >= 11 is 0. The van der Waals surface area contributed by atoms with Gasteiger partial charge in [-0.15, -0.1) is 0 Å². The lowest BCUT2D eigenvalue weighted by Gasteiger charge is -2.32. The van der Waals surface area contributed by atoms with Crippen LogP contribution in [0.4, 0.5) is 5.95 Å². The van der Waals surface area contributed by atoms with Gasteiger partial charge in [0.1, 0.15) is 12.4 Å². The van der Waals surface area contributed by atoms with Crippen molar-refractivity contribution >= 4 is 16.7 Å². The van der Waals surface area contributed by atoms with Gasteiger partial charge in [0.25, 0.3) is 0 Å². The number of aromatic nitrogens is 3. The number of fused-ring (bicyclic) bond motifs is 3. The molecular formula is C27H30N6O2. The van der Waals surface area contributed by atoms with Crippen LogP contribution in [0.2, 0.25) is 0 Å². The Balaban J connectivity index is 1.33. The molecule has 8 heteroatoms. The summed E-state index contributed by atoms with van der Waals surface area (Å²) in [4.78, 5) is 18.5. The van der Waals surface area contributed by atoms with Gasteiger partial charge in [-0.25, -0.2) is 0 Å². The van der Waals surface area contributed by atoms with Crippen LogP contribution in [-0.4, -0.2) is 76.4 Å². The first-order valence-electron chi connectivity index (χ1n) is 12.4. The fourth-order valence-corrected chi connectivity index (χ4v) is 5.45. The number of hydrogen-bond acceptors (Lipinski definition) is 8. The standard InChI is InChI=1S/C27H30N6O2/c1-32-12-4-6-22(32)17-35-27-30-25(29-26(31-27)33-15-20-9-10-21(16-33)28-20)11-8-19-14-23(34)13-18-5-2-3-7-24(18)19/h2-3,5,7,13-14,20-22,28,34H,4,6,9-10,12,15-17H2,1H3/t20-,21+,22?. The number of nitrogens with one attached hydrogen (secondary N) is 1. The smallest absolute Gasteiger partial charge is 0.322 e. The van der Waals surface area contributed by atoms with E-state index in [9.17, 15) is 5.11 Å². The fraction of sp³-hybridized carbons (Fsp3) is 0.444. The van der Waals surface area contributed by atoms with Crippen molar-refractivity contribution in [2.75, 3.05) is 38.2 Å². The number of benzene rings is 2. The van der Waals surface area contributed by atoms with Crippen molar-refractivity contribution in [3.63, 3.8) is 0 Å². The third-order valence-corrected chi connectivity index (χ3v) is 7.33. The molecule has 2 bridgehead atoms. The number of nitrogens with zero attached hydrogens (tertiary/aromatic N) is 5. The molecule has 3 atom stereocenters. The molecule has 3 aromatic rings. The second kappa shape index (κ2) is 9.33. The summed E-state index contributed by atoms with van der Waals surface area (Å²) in [5, 5.41) is 15.7. The van der Waals surface area contributed by atoms with Gasteiger partial charge in [-0.3, -0.25) is 0 Å². The van der Waals surface area contributed by atoms with Crippen LogP contribution in [0.25, 0.3) is 10.8 Å². The zero-order chi connectivity index (χ0) is 23.8. The Kier molecular flexibility index (Phi) is 5.88. The highest BCUT2D eigenvalue weighted by Gasteiger charge is 2.33. The minimum atomic E-state index is 0.185. The number of phenols is 1. The lowest BCUT2D eigenvalue weighted by molar-refractivity contribution is 0.187. The van der Waals surface area contributed by atoms with E-state index >= 15 is 0 Å². The predicted octanol–water partition coefficient (Wildman–Crippen LogP) is 2.54. The second-order valence-electron chi connectivity index (χ2n) is 9.84. The number of anilines is 1. The first-order chi connectivity index (χ1) is 17.1. The highest BCUT2D eigenvalue weighted by molar-refractivity contribution is 5.89. The maximum absolute atomic E-state index is 10.2. The molecule has 4 heterocycles. The first-order valence-corrected chi connectivity index (χ1v) is 12.4. The molecule has 3 saturated heterocycles. The number of hydrogen-bond donors (Lipinski definition) is 2. The Morgan fingerprint density at radius 3 is 2.69 bits per heavy atom. The van der Waals surface area contributed by atoms with E-state index in [1.165, 1.54) is 19.3 Å². The lowest BCUT2D eigenvalue weighted by atomic mass is 10.0. The summed E-state index contributed by atoms with van der Waals surface area (Å²) in [6.45, 7) is 3.39. The van der Waals surface area contributed by atoms with Gasteiger partial charge >= 0.3 is 6.01 Å². The Bertz CT molecular complexity index is 1290. The van der Waals surface area contributed by atoms with Crippen molar-refractivity contribution in [1.82, 2.24) is 25.2 Å². The normalized spacial score (nSPS) is 23.9. The molecule has 0 radical (unpaired) electrons. The molecule has 35 heavy (non-hydrogen) atoms. The molecule has 180 valence electrons. The maximum atomic E-state index is 10.2. The lowest BCUT2D eigenvalue weighted by Crippen LogP contribution is -2.51. The summed E-state index contributed by atoms with van der Waals surface area (Å²) in [6, 6.07) is 12.9. The Morgan fingerprint density at radius 1 is 1.06 bits per heavy atom. The van der Waals surface area contributed by atoms with Gasteiger partial charge in [0, 0.05) is 36.8 Å². The molecule has 6 rings (SSSR count). The van der Waals surface area contributed by atoms with E-state index in [2.05, 4.69) is 44.0 Å². The largest absolute Gasteiger partial charge is 0.508 e. The van der Waals surface area contributed by atoms with E-state index in [1.54, 1.807) is 12.1 Å². The Hall–Kier alpha value is -3.41. The van der Waals surface area contributed by atoms with Crippen molar-refractivity contribution in [2.24, 2.45) is 0 Å². The first kappa shape index (κ1) is 22.1. The fourth-order valence-electron chi connectivity index (χ4n) is 5.45. The molecule has 3 aliphatic heterocycles. The van der Waals surface area contributed by atoms with Gasteiger partial charge in [-0.1, -0.05) is 30.2 Å². The topological polar surface area (TPSA) is 86.6 Å². The SMILES string of the molecule is CN1CCCC1COc1nc(C#Cc2cc(O)cc3ccccc23)nc(N2C[C@H]3CC[C@@H](C2)N3)n1. The van der Waals surface area contributed by atoms with Crippen molar-refractivity contribution in [2.45, 2.75) is 43.8 Å². The predicted molar refractivity (Wildman–Crippen MR) is 135 cm³/mol. The van der Waals surface area contributed by atoms with Gasteiger partial charge in [-0.2, -0.15) is 15.0 Å². The zero-order valence-corrected chi connectivity index (χ0v) is 19.9. The second-order valence-corrected chi connectivity index (χ2v) is 9.84. The summed E-state index contributed by atoms with van der Waals surface area (Å²) < 4.78 is 6.09. The summed E-state index contributed by atoms with van der Waals surface area (Å²) in [6.07, 6.45) is 4.67. The van der Waals surface area contributed by atoms with Crippen LogP contribution in [0.3, 0.4) is 0 Å². The maximum Gasteiger partial charge on any atom is 0.322 e. The molecule has 2 aromatic carbocycles. The molecule has 0 aliphatic carbocycles. The molecule has 1 aromatic heterocycles. The van der Waals surface area contributed by atoms with Crippen molar-refractivity contribution in [3.05, 3.63) is 47.8 Å². The minimum absolute atomic E-state index is 0.185. The van der Waals surface area contributed by atoms with Gasteiger partial charge in [0.2, 0.25) is 11.8 Å².